The second-order valence-corrected chi connectivity index (χ2v) is 7.83. The van der Waals surface area contributed by atoms with Crippen LogP contribution in [0, 0.1) is 0 Å². The zero-order valence-corrected chi connectivity index (χ0v) is 16.8. The van der Waals surface area contributed by atoms with E-state index in [0.717, 1.165) is 11.3 Å². The predicted octanol–water partition coefficient (Wildman–Crippen LogP) is 4.69. The first-order valence-corrected chi connectivity index (χ1v) is 9.51. The monoisotopic (exact) mass is 369 g/mol. The minimum absolute atomic E-state index is 0.0708. The van der Waals surface area contributed by atoms with Gasteiger partial charge in [-0.2, -0.15) is 0 Å². The number of benzene rings is 2. The van der Waals surface area contributed by atoms with Gasteiger partial charge in [0.1, 0.15) is 6.10 Å². The highest BCUT2D eigenvalue weighted by Gasteiger charge is 2.35. The number of aliphatic hydroxyl groups is 1. The van der Waals surface area contributed by atoms with Crippen LogP contribution >= 0.6 is 12.6 Å². The van der Waals surface area contributed by atoms with Crippen molar-refractivity contribution in [3.63, 3.8) is 0 Å². The summed E-state index contributed by atoms with van der Waals surface area (Å²) >= 11 is 4.51. The van der Waals surface area contributed by atoms with Crippen LogP contribution in [0.1, 0.15) is 49.3 Å². The molecule has 0 aromatic heterocycles. The van der Waals surface area contributed by atoms with Gasteiger partial charge in [-0.25, -0.2) is 0 Å². The van der Waals surface area contributed by atoms with Crippen molar-refractivity contribution >= 4 is 29.1 Å². The van der Waals surface area contributed by atoms with Gasteiger partial charge in [0.2, 0.25) is 0 Å². The largest absolute Gasteiger partial charge is 0.394 e. The van der Waals surface area contributed by atoms with E-state index in [4.69, 9.17) is 9.73 Å². The third-order valence-electron chi connectivity index (χ3n) is 5.38. The van der Waals surface area contributed by atoms with E-state index in [1.807, 2.05) is 0 Å². The van der Waals surface area contributed by atoms with E-state index in [1.54, 1.807) is 7.11 Å². The van der Waals surface area contributed by atoms with E-state index in [2.05, 4.69) is 70.3 Å². The van der Waals surface area contributed by atoms with Crippen molar-refractivity contribution in [1.29, 1.82) is 0 Å². The minimum atomic E-state index is -0.357. The van der Waals surface area contributed by atoms with E-state index in [-0.39, 0.29) is 24.7 Å². The molecule has 3 rings (SSSR count). The highest BCUT2D eigenvalue weighted by Crippen LogP contribution is 2.41. The van der Waals surface area contributed by atoms with Gasteiger partial charge in [-0.15, -0.1) is 12.6 Å². The number of methoxy groups -OCH3 is 1. The average Bonchev–Trinajstić information content (AvgIpc) is 2.62. The molecule has 2 aromatic rings. The summed E-state index contributed by atoms with van der Waals surface area (Å²) in [5.74, 6) is 0.515. The SMILES string of the molecule is C=C(S)C1=NC(C(CO)OC)C(C)c2c1cc(C(C)C)c1ccccc21. The fourth-order valence-corrected chi connectivity index (χ4v) is 4.23. The summed E-state index contributed by atoms with van der Waals surface area (Å²) in [6.07, 6.45) is -0.357. The first-order valence-electron chi connectivity index (χ1n) is 9.06. The Kier molecular flexibility index (Phi) is 5.56. The van der Waals surface area contributed by atoms with E-state index in [9.17, 15) is 5.11 Å². The van der Waals surface area contributed by atoms with Crippen molar-refractivity contribution in [2.45, 2.75) is 44.8 Å². The van der Waals surface area contributed by atoms with Crippen molar-refractivity contribution in [3.8, 4) is 0 Å². The Bertz CT molecular complexity index is 868. The molecule has 0 amide bonds. The van der Waals surface area contributed by atoms with Gasteiger partial charge < -0.3 is 9.84 Å². The molecule has 0 saturated heterocycles. The molecule has 1 heterocycles. The predicted molar refractivity (Wildman–Crippen MR) is 113 cm³/mol. The van der Waals surface area contributed by atoms with E-state index in [1.165, 1.54) is 21.9 Å². The molecular weight excluding hydrogens is 342 g/mol. The molecule has 138 valence electrons. The molecule has 3 atom stereocenters. The van der Waals surface area contributed by atoms with Crippen molar-refractivity contribution in [3.05, 3.63) is 58.5 Å². The number of hydrogen-bond acceptors (Lipinski definition) is 4. The van der Waals surface area contributed by atoms with Crippen LogP contribution in [-0.4, -0.2) is 36.7 Å². The maximum Gasteiger partial charge on any atom is 0.103 e. The Hall–Kier alpha value is -1.62. The lowest BCUT2D eigenvalue weighted by atomic mass is 9.78. The minimum Gasteiger partial charge on any atom is -0.394 e. The van der Waals surface area contributed by atoms with Crippen molar-refractivity contribution < 1.29 is 9.84 Å². The Morgan fingerprint density at radius 1 is 1.31 bits per heavy atom. The molecule has 0 fully saturated rings. The zero-order chi connectivity index (χ0) is 19.0. The van der Waals surface area contributed by atoms with Crippen molar-refractivity contribution in [2.24, 2.45) is 4.99 Å². The normalized spacial score (nSPS) is 20.8. The Balaban J connectivity index is 2.35. The smallest absolute Gasteiger partial charge is 0.103 e. The number of rotatable bonds is 5. The molecule has 1 N–H and O–H groups in total. The Morgan fingerprint density at radius 3 is 2.50 bits per heavy atom. The topological polar surface area (TPSA) is 41.8 Å². The number of thiol groups is 1. The highest BCUT2D eigenvalue weighted by molar-refractivity contribution is 7.85. The zero-order valence-electron chi connectivity index (χ0n) is 15.9. The van der Waals surface area contributed by atoms with Gasteiger partial charge in [0, 0.05) is 23.5 Å². The lowest BCUT2D eigenvalue weighted by Gasteiger charge is -2.35. The van der Waals surface area contributed by atoms with Gasteiger partial charge in [0.25, 0.3) is 0 Å². The number of aliphatic imine (C=N–C) groups is 1. The average molecular weight is 370 g/mol. The third kappa shape index (κ3) is 3.11. The highest BCUT2D eigenvalue weighted by atomic mass is 32.1. The van der Waals surface area contributed by atoms with Crippen LogP contribution < -0.4 is 0 Å². The molecule has 0 saturated carbocycles. The number of aliphatic hydroxyl groups excluding tert-OH is 1. The fraction of sp³-hybridized carbons (Fsp3) is 0.409. The summed E-state index contributed by atoms with van der Waals surface area (Å²) in [6.45, 7) is 10.5. The molecule has 3 unspecified atom stereocenters. The number of hydrogen-bond donors (Lipinski definition) is 2. The van der Waals surface area contributed by atoms with Gasteiger partial charge in [0.15, 0.2) is 0 Å². The van der Waals surface area contributed by atoms with Gasteiger partial charge in [-0.1, -0.05) is 51.6 Å². The van der Waals surface area contributed by atoms with Crippen LogP contribution in [0.3, 0.4) is 0 Å². The summed E-state index contributed by atoms with van der Waals surface area (Å²) in [4.78, 5) is 5.55. The molecule has 4 heteroatoms. The quantitative estimate of drug-likeness (QED) is 0.751. The van der Waals surface area contributed by atoms with Crippen LogP contribution in [0.4, 0.5) is 0 Å². The summed E-state index contributed by atoms with van der Waals surface area (Å²) in [6, 6.07) is 10.6. The lowest BCUT2D eigenvalue weighted by molar-refractivity contribution is 0.0265. The van der Waals surface area contributed by atoms with E-state index < -0.39 is 0 Å². The summed E-state index contributed by atoms with van der Waals surface area (Å²) in [5.41, 5.74) is 4.45. The first-order chi connectivity index (χ1) is 12.4. The number of allylic oxidation sites excluding steroid dienone is 1. The molecule has 0 radical (unpaired) electrons. The lowest BCUT2D eigenvalue weighted by Crippen LogP contribution is -2.38. The van der Waals surface area contributed by atoms with Gasteiger partial charge in [0.05, 0.1) is 18.4 Å². The fourth-order valence-electron chi connectivity index (χ4n) is 4.05. The molecule has 0 spiro atoms. The number of nitrogens with zero attached hydrogens (tertiary/aromatic N) is 1. The van der Waals surface area contributed by atoms with Crippen molar-refractivity contribution in [2.75, 3.05) is 13.7 Å². The molecule has 1 aliphatic heterocycles. The Morgan fingerprint density at radius 2 is 1.96 bits per heavy atom. The maximum absolute atomic E-state index is 9.76. The summed E-state index contributed by atoms with van der Waals surface area (Å²) in [5, 5.41) is 12.3. The number of ether oxygens (including phenoxy) is 1. The molecule has 1 aliphatic rings. The van der Waals surface area contributed by atoms with Crippen LogP contribution in [0.25, 0.3) is 10.8 Å². The summed E-state index contributed by atoms with van der Waals surface area (Å²) < 4.78 is 5.51. The van der Waals surface area contributed by atoms with Gasteiger partial charge >= 0.3 is 0 Å². The second kappa shape index (κ2) is 7.55. The van der Waals surface area contributed by atoms with Crippen molar-refractivity contribution in [1.82, 2.24) is 0 Å². The van der Waals surface area contributed by atoms with Crippen LogP contribution in [0.2, 0.25) is 0 Å². The standard InChI is InChI=1S/C22H27NO2S/c1-12(2)17-10-18-20(16-9-7-6-8-15(16)17)13(3)21(19(11-24)25-5)23-22(18)14(4)26/h6-10,12-13,19,21,24,26H,4,11H2,1-3,5H3. The molecule has 3 nitrogen and oxygen atoms in total. The second-order valence-electron chi connectivity index (χ2n) is 7.29. The molecular formula is C22H27NO2S. The van der Waals surface area contributed by atoms with E-state index >= 15 is 0 Å². The molecule has 26 heavy (non-hydrogen) atoms. The van der Waals surface area contributed by atoms with Crippen LogP contribution in [0.15, 0.2) is 46.8 Å². The van der Waals surface area contributed by atoms with Crippen LogP contribution in [-0.2, 0) is 4.74 Å². The van der Waals surface area contributed by atoms with Gasteiger partial charge in [-0.3, -0.25) is 4.99 Å². The third-order valence-corrected chi connectivity index (χ3v) is 5.59. The number of fused-ring (bicyclic) bond motifs is 3. The van der Waals surface area contributed by atoms with Gasteiger partial charge in [-0.05, 0) is 33.9 Å². The van der Waals surface area contributed by atoms with Crippen LogP contribution in [0.5, 0.6) is 0 Å². The molecule has 2 aromatic carbocycles. The molecule has 0 bridgehead atoms. The Labute approximate surface area is 161 Å². The first kappa shape index (κ1) is 19.2. The summed E-state index contributed by atoms with van der Waals surface area (Å²) in [7, 11) is 1.62. The molecule has 0 aliphatic carbocycles. The maximum atomic E-state index is 9.76. The van der Waals surface area contributed by atoms with E-state index in [0.29, 0.717) is 10.8 Å².